The van der Waals surface area contributed by atoms with E-state index in [0.717, 1.165) is 0 Å². The minimum Gasteiger partial charge on any atom is -0.319 e. The first-order valence-corrected chi connectivity index (χ1v) is 7.06. The molecule has 0 atom stereocenters. The molecule has 7 heteroatoms. The quantitative estimate of drug-likeness (QED) is 0.842. The Kier molecular flexibility index (Phi) is 4.25. The van der Waals surface area contributed by atoms with E-state index >= 15 is 0 Å². The summed E-state index contributed by atoms with van der Waals surface area (Å²) >= 11 is 11.7. The monoisotopic (exact) mass is 328 g/mol. The zero-order valence-corrected chi connectivity index (χ0v) is 13.1. The molecule has 0 aromatic heterocycles. The largest absolute Gasteiger partial charge is 0.319 e. The maximum absolute atomic E-state index is 12.4. The maximum Gasteiger partial charge on any atom is 0.252 e. The third kappa shape index (κ3) is 3.19. The second-order valence-electron chi connectivity index (χ2n) is 5.34. The van der Waals surface area contributed by atoms with Gasteiger partial charge in [-0.1, -0.05) is 29.3 Å². The molecular weight excluding hydrogens is 315 g/mol. The van der Waals surface area contributed by atoms with Crippen molar-refractivity contribution in [2.45, 2.75) is 25.8 Å². The molecule has 1 aliphatic heterocycles. The molecule has 1 aromatic carbocycles. The van der Waals surface area contributed by atoms with Crippen molar-refractivity contribution in [3.8, 4) is 0 Å². The Morgan fingerprint density at radius 1 is 1.29 bits per heavy atom. The van der Waals surface area contributed by atoms with Crippen LogP contribution in [-0.2, 0) is 20.8 Å². The van der Waals surface area contributed by atoms with Crippen LogP contribution in [0.4, 0.5) is 0 Å². The zero-order valence-electron chi connectivity index (χ0n) is 11.6. The van der Waals surface area contributed by atoms with Crippen LogP contribution < -0.4 is 5.32 Å². The fourth-order valence-electron chi connectivity index (χ4n) is 2.10. The highest BCUT2D eigenvalue weighted by Gasteiger charge is 2.43. The highest BCUT2D eigenvalue weighted by Crippen LogP contribution is 2.24. The number of nitrogens with zero attached hydrogens (tertiary/aromatic N) is 1. The summed E-state index contributed by atoms with van der Waals surface area (Å²) in [5, 5.41) is 2.98. The average Bonchev–Trinajstić information content (AvgIpc) is 2.38. The number of halogens is 2. The van der Waals surface area contributed by atoms with Crippen LogP contribution in [0.1, 0.15) is 19.4 Å². The molecule has 1 aromatic rings. The summed E-state index contributed by atoms with van der Waals surface area (Å²) in [5.41, 5.74) is -0.398. The molecule has 5 nitrogen and oxygen atoms in total. The molecule has 1 aliphatic rings. The van der Waals surface area contributed by atoms with Crippen LogP contribution in [0.15, 0.2) is 18.2 Å². The van der Waals surface area contributed by atoms with Gasteiger partial charge < -0.3 is 4.90 Å². The number of benzene rings is 1. The Balaban J connectivity index is 2.20. The molecule has 0 aliphatic carbocycles. The number of piperazine rings is 1. The second-order valence-corrected chi connectivity index (χ2v) is 6.16. The van der Waals surface area contributed by atoms with Crippen LogP contribution in [0, 0.1) is 0 Å². The van der Waals surface area contributed by atoms with Crippen molar-refractivity contribution in [2.24, 2.45) is 0 Å². The first kappa shape index (κ1) is 15.8. The number of nitrogens with one attached hydrogen (secondary N) is 1. The van der Waals surface area contributed by atoms with Gasteiger partial charge in [0, 0.05) is 0 Å². The van der Waals surface area contributed by atoms with E-state index in [1.165, 1.54) is 4.90 Å². The van der Waals surface area contributed by atoms with E-state index in [2.05, 4.69) is 5.32 Å². The number of hydrogen-bond acceptors (Lipinski definition) is 3. The summed E-state index contributed by atoms with van der Waals surface area (Å²) in [4.78, 5) is 37.0. The Hall–Kier alpha value is -1.59. The summed E-state index contributed by atoms with van der Waals surface area (Å²) in [5.74, 6) is -1.29. The van der Waals surface area contributed by atoms with E-state index < -0.39 is 17.4 Å². The summed E-state index contributed by atoms with van der Waals surface area (Å²) < 4.78 is 0. The van der Waals surface area contributed by atoms with Gasteiger partial charge in [-0.3, -0.25) is 19.7 Å². The van der Waals surface area contributed by atoms with Gasteiger partial charge in [0.15, 0.2) is 0 Å². The number of carbonyl (C=O) groups is 3. The van der Waals surface area contributed by atoms with Gasteiger partial charge in [-0.15, -0.1) is 0 Å². The van der Waals surface area contributed by atoms with Gasteiger partial charge in [-0.25, -0.2) is 0 Å². The van der Waals surface area contributed by atoms with Gasteiger partial charge in [0.25, 0.3) is 5.91 Å². The van der Waals surface area contributed by atoms with Crippen molar-refractivity contribution in [2.75, 3.05) is 6.54 Å². The standard InChI is InChI=1S/C14H14Cl2N2O3/c1-14(2)13(21)17-11(19)7-18(14)12(20)6-8-3-4-9(15)10(16)5-8/h3-5H,6-7H2,1-2H3,(H,17,19,21). The molecule has 21 heavy (non-hydrogen) atoms. The molecule has 0 bridgehead atoms. The van der Waals surface area contributed by atoms with E-state index in [1.807, 2.05) is 0 Å². The molecule has 0 unspecified atom stereocenters. The van der Waals surface area contributed by atoms with Crippen molar-refractivity contribution in [1.29, 1.82) is 0 Å². The van der Waals surface area contributed by atoms with Crippen LogP contribution in [0.25, 0.3) is 0 Å². The molecule has 1 saturated heterocycles. The normalized spacial score (nSPS) is 17.6. The Labute approximate surface area is 132 Å². The molecule has 0 radical (unpaired) electrons. The van der Waals surface area contributed by atoms with Gasteiger partial charge in [-0.2, -0.15) is 0 Å². The fourth-order valence-corrected chi connectivity index (χ4v) is 2.42. The minimum absolute atomic E-state index is 0.0425. The average molecular weight is 329 g/mol. The molecular formula is C14H14Cl2N2O3. The number of rotatable bonds is 2. The topological polar surface area (TPSA) is 66.5 Å². The molecule has 0 spiro atoms. The van der Waals surface area contributed by atoms with Crippen LogP contribution >= 0.6 is 23.2 Å². The van der Waals surface area contributed by atoms with Crippen molar-refractivity contribution in [3.63, 3.8) is 0 Å². The lowest BCUT2D eigenvalue weighted by molar-refractivity contribution is -0.155. The number of carbonyl (C=O) groups excluding carboxylic acids is 3. The lowest BCUT2D eigenvalue weighted by Gasteiger charge is -2.40. The van der Waals surface area contributed by atoms with Crippen molar-refractivity contribution < 1.29 is 14.4 Å². The van der Waals surface area contributed by atoms with Gasteiger partial charge in [0.2, 0.25) is 11.8 Å². The Morgan fingerprint density at radius 2 is 1.95 bits per heavy atom. The van der Waals surface area contributed by atoms with E-state index in [9.17, 15) is 14.4 Å². The lowest BCUT2D eigenvalue weighted by atomic mass is 9.97. The fraction of sp³-hybridized carbons (Fsp3) is 0.357. The number of imide groups is 1. The Morgan fingerprint density at radius 3 is 2.57 bits per heavy atom. The number of amides is 3. The van der Waals surface area contributed by atoms with Crippen molar-refractivity contribution in [1.82, 2.24) is 10.2 Å². The first-order chi connectivity index (χ1) is 9.71. The molecule has 1 fully saturated rings. The molecule has 1 N–H and O–H groups in total. The van der Waals surface area contributed by atoms with Crippen LogP contribution in [0.2, 0.25) is 10.0 Å². The third-order valence-corrected chi connectivity index (χ3v) is 4.16. The van der Waals surface area contributed by atoms with Crippen LogP contribution in [0.3, 0.4) is 0 Å². The van der Waals surface area contributed by atoms with E-state index in [0.29, 0.717) is 15.6 Å². The van der Waals surface area contributed by atoms with E-state index in [-0.39, 0.29) is 18.9 Å². The van der Waals surface area contributed by atoms with Gasteiger partial charge in [0.05, 0.1) is 16.5 Å². The minimum atomic E-state index is -1.07. The molecule has 2 rings (SSSR count). The molecule has 1 heterocycles. The molecule has 3 amide bonds. The first-order valence-electron chi connectivity index (χ1n) is 6.30. The smallest absolute Gasteiger partial charge is 0.252 e. The van der Waals surface area contributed by atoms with Crippen molar-refractivity contribution >= 4 is 40.9 Å². The Bertz CT molecular complexity index is 629. The zero-order chi connectivity index (χ0) is 15.8. The molecule has 0 saturated carbocycles. The van der Waals surface area contributed by atoms with E-state index in [4.69, 9.17) is 23.2 Å². The highest BCUT2D eigenvalue weighted by atomic mass is 35.5. The predicted octanol–water partition coefficient (Wildman–Crippen LogP) is 1.80. The SMILES string of the molecule is CC1(C)C(=O)NC(=O)CN1C(=O)Cc1ccc(Cl)c(Cl)c1. The van der Waals surface area contributed by atoms with Gasteiger partial charge >= 0.3 is 0 Å². The van der Waals surface area contributed by atoms with Gasteiger partial charge in [-0.05, 0) is 31.5 Å². The van der Waals surface area contributed by atoms with Crippen LogP contribution in [-0.4, -0.2) is 34.7 Å². The van der Waals surface area contributed by atoms with E-state index in [1.54, 1.807) is 32.0 Å². The number of hydrogen-bond donors (Lipinski definition) is 1. The lowest BCUT2D eigenvalue weighted by Crippen LogP contribution is -2.65. The third-order valence-electron chi connectivity index (χ3n) is 3.43. The van der Waals surface area contributed by atoms with Crippen LogP contribution in [0.5, 0.6) is 0 Å². The molecule has 112 valence electrons. The summed E-state index contributed by atoms with van der Waals surface area (Å²) in [6, 6.07) is 4.89. The maximum atomic E-state index is 12.4. The summed E-state index contributed by atoms with van der Waals surface area (Å²) in [6.45, 7) is 3.06. The summed E-state index contributed by atoms with van der Waals surface area (Å²) in [6.07, 6.45) is 0.0425. The second kappa shape index (κ2) is 5.66. The predicted molar refractivity (Wildman–Crippen MR) is 79.1 cm³/mol. The van der Waals surface area contributed by atoms with Crippen molar-refractivity contribution in [3.05, 3.63) is 33.8 Å². The summed E-state index contributed by atoms with van der Waals surface area (Å²) in [7, 11) is 0. The van der Waals surface area contributed by atoms with Gasteiger partial charge in [0.1, 0.15) is 12.1 Å². The highest BCUT2D eigenvalue weighted by molar-refractivity contribution is 6.42.